The average Bonchev–Trinajstić information content (AvgIpc) is 3.49. The number of aromatic nitrogens is 4. The molecular formula is C22H12ClF4N5O2S. The SMILES string of the molecule is O=S(=O)(Nc1ccc(F)c(-c2ccc3c(-c4ncc[nH]4)[nH]nc3c2F)c1F)c1cc(Cl)ccc1F. The summed E-state index contributed by atoms with van der Waals surface area (Å²) in [4.78, 5) is 6.06. The van der Waals surface area contributed by atoms with E-state index in [4.69, 9.17) is 11.6 Å². The zero-order valence-corrected chi connectivity index (χ0v) is 18.8. The molecule has 0 unspecified atom stereocenters. The van der Waals surface area contributed by atoms with Crippen LogP contribution < -0.4 is 4.72 Å². The van der Waals surface area contributed by atoms with Gasteiger partial charge in [-0.25, -0.2) is 31.0 Å². The van der Waals surface area contributed by atoms with E-state index in [0.29, 0.717) is 16.9 Å². The fraction of sp³-hybridized carbons (Fsp3) is 0. The number of benzene rings is 3. The lowest BCUT2D eigenvalue weighted by molar-refractivity contribution is 0.568. The minimum absolute atomic E-state index is 0.0738. The van der Waals surface area contributed by atoms with Crippen molar-refractivity contribution in [1.29, 1.82) is 0 Å². The lowest BCUT2D eigenvalue weighted by atomic mass is 10.0. The van der Waals surface area contributed by atoms with E-state index in [2.05, 4.69) is 20.2 Å². The number of H-pyrrole nitrogens is 2. The molecule has 7 nitrogen and oxygen atoms in total. The third-order valence-electron chi connectivity index (χ3n) is 5.19. The smallest absolute Gasteiger partial charge is 0.264 e. The van der Waals surface area contributed by atoms with E-state index >= 15 is 8.78 Å². The molecular weight excluding hydrogens is 510 g/mol. The summed E-state index contributed by atoms with van der Waals surface area (Å²) in [6, 6.07) is 6.89. The van der Waals surface area contributed by atoms with Crippen LogP contribution in [0, 0.1) is 23.3 Å². The molecule has 13 heteroatoms. The van der Waals surface area contributed by atoms with Crippen LogP contribution in [-0.4, -0.2) is 28.6 Å². The number of hydrogen-bond acceptors (Lipinski definition) is 4. The molecule has 0 aliphatic rings. The normalized spacial score (nSPS) is 11.8. The van der Waals surface area contributed by atoms with Gasteiger partial charge in [-0.2, -0.15) is 5.10 Å². The molecule has 0 saturated heterocycles. The molecule has 35 heavy (non-hydrogen) atoms. The molecule has 3 aromatic carbocycles. The van der Waals surface area contributed by atoms with Crippen LogP contribution in [0.1, 0.15) is 0 Å². The number of imidazole rings is 1. The molecule has 0 saturated carbocycles. The van der Waals surface area contributed by atoms with Gasteiger partial charge in [-0.3, -0.25) is 9.82 Å². The van der Waals surface area contributed by atoms with E-state index in [0.717, 1.165) is 36.4 Å². The fourth-order valence-electron chi connectivity index (χ4n) is 3.58. The molecule has 178 valence electrons. The summed E-state index contributed by atoms with van der Waals surface area (Å²) in [6.07, 6.45) is 3.04. The van der Waals surface area contributed by atoms with E-state index in [9.17, 15) is 17.2 Å². The number of nitrogens with zero attached hydrogens (tertiary/aromatic N) is 2. The van der Waals surface area contributed by atoms with Crippen molar-refractivity contribution in [2.75, 3.05) is 4.72 Å². The molecule has 2 heterocycles. The predicted octanol–water partition coefficient (Wildman–Crippen LogP) is 5.63. The number of anilines is 1. The standard InChI is InChI=1S/C22H12ClF4N5O2S/c23-10-1-4-13(24)16(9-10)35(33,34)32-15-6-5-14(25)17(19(15)27)11-2-3-12-20(18(11)26)30-31-21(12)22-28-7-8-29-22/h1-9,32H,(H,28,29)(H,30,31). The van der Waals surface area contributed by atoms with Gasteiger partial charge in [0, 0.05) is 28.4 Å². The van der Waals surface area contributed by atoms with Gasteiger partial charge in [0.1, 0.15) is 27.7 Å². The van der Waals surface area contributed by atoms with Gasteiger partial charge in [0.25, 0.3) is 10.0 Å². The zero-order chi connectivity index (χ0) is 24.9. The van der Waals surface area contributed by atoms with Gasteiger partial charge in [0.2, 0.25) is 0 Å². The molecule has 0 amide bonds. The van der Waals surface area contributed by atoms with Gasteiger partial charge >= 0.3 is 0 Å². The Balaban J connectivity index is 1.60. The molecule has 0 atom stereocenters. The highest BCUT2D eigenvalue weighted by molar-refractivity contribution is 7.92. The van der Waals surface area contributed by atoms with Gasteiger partial charge in [-0.1, -0.05) is 17.7 Å². The van der Waals surface area contributed by atoms with Crippen molar-refractivity contribution in [1.82, 2.24) is 20.2 Å². The Morgan fingerprint density at radius 1 is 0.943 bits per heavy atom. The molecule has 0 radical (unpaired) electrons. The summed E-state index contributed by atoms with van der Waals surface area (Å²) in [5, 5.41) is 6.74. The molecule has 5 aromatic rings. The fourth-order valence-corrected chi connectivity index (χ4v) is 4.99. The van der Waals surface area contributed by atoms with Gasteiger partial charge in [-0.05, 0) is 36.4 Å². The Bertz CT molecular complexity index is 1710. The first-order chi connectivity index (χ1) is 16.7. The molecule has 3 N–H and O–H groups in total. The first-order valence-electron chi connectivity index (χ1n) is 9.80. The number of aromatic amines is 2. The Hall–Kier alpha value is -3.90. The van der Waals surface area contributed by atoms with Crippen LogP contribution in [0.3, 0.4) is 0 Å². The highest BCUT2D eigenvalue weighted by Gasteiger charge is 2.26. The maximum atomic E-state index is 15.4. The first-order valence-corrected chi connectivity index (χ1v) is 11.7. The van der Waals surface area contributed by atoms with Crippen LogP contribution in [0.15, 0.2) is 59.8 Å². The Labute approximate surface area is 199 Å². The number of sulfonamides is 1. The van der Waals surface area contributed by atoms with E-state index < -0.39 is 55.0 Å². The Morgan fingerprint density at radius 3 is 2.46 bits per heavy atom. The van der Waals surface area contributed by atoms with Crippen LogP contribution in [-0.2, 0) is 10.0 Å². The maximum absolute atomic E-state index is 15.4. The molecule has 0 bridgehead atoms. The topological polar surface area (TPSA) is 104 Å². The third-order valence-corrected chi connectivity index (χ3v) is 6.80. The molecule has 0 aliphatic heterocycles. The monoisotopic (exact) mass is 521 g/mol. The Kier molecular flexibility index (Phi) is 5.49. The van der Waals surface area contributed by atoms with Gasteiger partial charge in [0.15, 0.2) is 17.5 Å². The van der Waals surface area contributed by atoms with Crippen molar-refractivity contribution in [3.8, 4) is 22.6 Å². The number of fused-ring (bicyclic) bond motifs is 1. The van der Waals surface area contributed by atoms with Crippen LogP contribution in [0.4, 0.5) is 23.2 Å². The first kappa shape index (κ1) is 22.9. The minimum atomic E-state index is -4.66. The number of halogens is 5. The quantitative estimate of drug-likeness (QED) is 0.261. The second-order valence-corrected chi connectivity index (χ2v) is 9.41. The molecule has 5 rings (SSSR count). The van der Waals surface area contributed by atoms with Gasteiger partial charge in [-0.15, -0.1) is 0 Å². The van der Waals surface area contributed by atoms with Gasteiger partial charge < -0.3 is 4.98 Å². The summed E-state index contributed by atoms with van der Waals surface area (Å²) in [7, 11) is -4.66. The van der Waals surface area contributed by atoms with Crippen molar-refractivity contribution in [2.24, 2.45) is 0 Å². The van der Waals surface area contributed by atoms with Gasteiger partial charge in [0.05, 0.1) is 11.3 Å². The lowest BCUT2D eigenvalue weighted by Crippen LogP contribution is -2.16. The van der Waals surface area contributed by atoms with Crippen molar-refractivity contribution in [3.63, 3.8) is 0 Å². The summed E-state index contributed by atoms with van der Waals surface area (Å²) in [5.74, 6) is -4.36. The highest BCUT2D eigenvalue weighted by atomic mass is 35.5. The second-order valence-electron chi connectivity index (χ2n) is 7.32. The van der Waals surface area contributed by atoms with Crippen molar-refractivity contribution < 1.29 is 26.0 Å². The van der Waals surface area contributed by atoms with Crippen LogP contribution in [0.25, 0.3) is 33.5 Å². The molecule has 0 aliphatic carbocycles. The number of hydrogen-bond donors (Lipinski definition) is 3. The lowest BCUT2D eigenvalue weighted by Gasteiger charge is -2.14. The Morgan fingerprint density at radius 2 is 1.71 bits per heavy atom. The largest absolute Gasteiger partial charge is 0.343 e. The summed E-state index contributed by atoms with van der Waals surface area (Å²) < 4.78 is 86.6. The number of rotatable bonds is 5. The maximum Gasteiger partial charge on any atom is 0.264 e. The molecule has 0 fully saturated rings. The second kappa shape index (κ2) is 8.40. The van der Waals surface area contributed by atoms with Crippen molar-refractivity contribution in [2.45, 2.75) is 4.90 Å². The van der Waals surface area contributed by atoms with E-state index in [-0.39, 0.29) is 10.5 Å². The third kappa shape index (κ3) is 3.90. The summed E-state index contributed by atoms with van der Waals surface area (Å²) in [5.41, 5.74) is -1.90. The zero-order valence-electron chi connectivity index (χ0n) is 17.2. The highest BCUT2D eigenvalue weighted by Crippen LogP contribution is 2.37. The predicted molar refractivity (Wildman–Crippen MR) is 121 cm³/mol. The van der Waals surface area contributed by atoms with Crippen LogP contribution in [0.5, 0.6) is 0 Å². The molecule has 2 aromatic heterocycles. The van der Waals surface area contributed by atoms with E-state index in [1.54, 1.807) is 6.20 Å². The van der Waals surface area contributed by atoms with Crippen molar-refractivity contribution >= 4 is 38.2 Å². The summed E-state index contributed by atoms with van der Waals surface area (Å²) >= 11 is 5.74. The minimum Gasteiger partial charge on any atom is -0.343 e. The van der Waals surface area contributed by atoms with E-state index in [1.807, 2.05) is 4.72 Å². The average molecular weight is 522 g/mol. The summed E-state index contributed by atoms with van der Waals surface area (Å²) in [6.45, 7) is 0. The molecule has 0 spiro atoms. The van der Waals surface area contributed by atoms with Crippen LogP contribution in [0.2, 0.25) is 5.02 Å². The van der Waals surface area contributed by atoms with E-state index in [1.165, 1.54) is 12.3 Å². The number of nitrogens with one attached hydrogen (secondary N) is 3. The van der Waals surface area contributed by atoms with Crippen molar-refractivity contribution in [3.05, 3.63) is 83.1 Å². The van der Waals surface area contributed by atoms with Crippen LogP contribution >= 0.6 is 11.6 Å².